The van der Waals surface area contributed by atoms with Crippen molar-refractivity contribution in [3.8, 4) is 0 Å². The summed E-state index contributed by atoms with van der Waals surface area (Å²) >= 11 is 1.85. The number of carbonyl (C=O) groups excluding carboxylic acids is 1. The maximum absolute atomic E-state index is 11.2. The largest absolute Gasteiger partial charge is 0.379 e. The highest BCUT2D eigenvalue weighted by molar-refractivity contribution is 7.99. The zero-order valence-corrected chi connectivity index (χ0v) is 11.9. The number of carbonyl (C=O) groups is 1. The monoisotopic (exact) mass is 264 g/mol. The van der Waals surface area contributed by atoms with Crippen molar-refractivity contribution < 1.29 is 9.53 Å². The van der Waals surface area contributed by atoms with Crippen LogP contribution in [-0.4, -0.2) is 24.7 Å². The fourth-order valence-corrected chi connectivity index (χ4v) is 2.95. The predicted octanol–water partition coefficient (Wildman–Crippen LogP) is 3.44. The molecule has 1 aromatic rings. The summed E-state index contributed by atoms with van der Waals surface area (Å²) in [6, 6.07) is 8.75. The molecule has 2 nitrogen and oxygen atoms in total. The first-order valence-electron chi connectivity index (χ1n) is 6.47. The Hall–Kier alpha value is -0.800. The number of rotatable bonds is 6. The molecule has 0 saturated carbocycles. The molecule has 0 bridgehead atoms. The normalized spacial score (nSPS) is 17.2. The molecule has 18 heavy (non-hydrogen) atoms. The van der Waals surface area contributed by atoms with Crippen LogP contribution in [0.15, 0.2) is 29.2 Å². The van der Waals surface area contributed by atoms with Gasteiger partial charge in [-0.15, -0.1) is 11.8 Å². The van der Waals surface area contributed by atoms with Gasteiger partial charge in [-0.25, -0.2) is 0 Å². The quantitative estimate of drug-likeness (QED) is 0.736. The molecule has 0 spiro atoms. The number of ether oxygens (including phenoxy) is 1. The maximum Gasteiger partial charge on any atom is 0.129 e. The van der Waals surface area contributed by atoms with Gasteiger partial charge in [0.25, 0.3) is 0 Å². The number of Topliss-reactive ketones (excluding diaryl/α,β-unsaturated/α-hetero) is 1. The molecule has 1 aliphatic rings. The molecule has 0 aliphatic carbocycles. The molecule has 0 radical (unpaired) electrons. The Labute approximate surface area is 113 Å². The first-order valence-corrected chi connectivity index (χ1v) is 7.45. The van der Waals surface area contributed by atoms with Crippen molar-refractivity contribution in [1.29, 1.82) is 0 Å². The predicted molar refractivity (Wildman–Crippen MR) is 75.3 cm³/mol. The number of hydrogen-bond donors (Lipinski definition) is 0. The Morgan fingerprint density at radius 1 is 1.33 bits per heavy atom. The van der Waals surface area contributed by atoms with E-state index in [1.165, 1.54) is 10.5 Å². The SMILES string of the molecule is CCSc1ccc(C2(CCC(C)=O)COC2)cc1. The third-order valence-electron chi connectivity index (χ3n) is 3.49. The smallest absolute Gasteiger partial charge is 0.129 e. The van der Waals surface area contributed by atoms with E-state index in [0.717, 1.165) is 25.4 Å². The molecule has 0 amide bonds. The van der Waals surface area contributed by atoms with Gasteiger partial charge in [0, 0.05) is 16.7 Å². The lowest BCUT2D eigenvalue weighted by atomic mass is 9.75. The minimum atomic E-state index is 0.0844. The Kier molecular flexibility index (Phi) is 4.46. The van der Waals surface area contributed by atoms with E-state index in [0.29, 0.717) is 6.42 Å². The molecule has 0 atom stereocenters. The second-order valence-corrected chi connectivity index (χ2v) is 6.27. The number of thioether (sulfide) groups is 1. The van der Waals surface area contributed by atoms with E-state index in [9.17, 15) is 4.79 Å². The summed E-state index contributed by atoms with van der Waals surface area (Å²) in [4.78, 5) is 12.5. The summed E-state index contributed by atoms with van der Waals surface area (Å²) in [7, 11) is 0. The Morgan fingerprint density at radius 3 is 2.44 bits per heavy atom. The third kappa shape index (κ3) is 2.96. The highest BCUT2D eigenvalue weighted by atomic mass is 32.2. The lowest BCUT2D eigenvalue weighted by molar-refractivity contribution is -0.119. The standard InChI is InChI=1S/C15H20O2S/c1-3-18-14-6-4-13(5-7-14)15(10-17-11-15)9-8-12(2)16/h4-7H,3,8-11H2,1-2H3. The molecule has 1 fully saturated rings. The molecule has 2 rings (SSSR count). The van der Waals surface area contributed by atoms with Gasteiger partial charge in [-0.05, 0) is 36.8 Å². The van der Waals surface area contributed by atoms with E-state index in [-0.39, 0.29) is 11.2 Å². The first-order chi connectivity index (χ1) is 8.66. The average Bonchev–Trinajstić information content (AvgIpc) is 2.30. The van der Waals surface area contributed by atoms with Gasteiger partial charge < -0.3 is 9.53 Å². The van der Waals surface area contributed by atoms with Crippen LogP contribution in [0.25, 0.3) is 0 Å². The molecular weight excluding hydrogens is 244 g/mol. The minimum absolute atomic E-state index is 0.0844. The van der Waals surface area contributed by atoms with Gasteiger partial charge in [0.15, 0.2) is 0 Å². The van der Waals surface area contributed by atoms with Crippen molar-refractivity contribution in [3.05, 3.63) is 29.8 Å². The van der Waals surface area contributed by atoms with E-state index in [1.807, 2.05) is 11.8 Å². The molecular formula is C15H20O2S. The molecule has 0 N–H and O–H groups in total. The molecule has 0 aromatic heterocycles. The van der Waals surface area contributed by atoms with Crippen LogP contribution in [0, 0.1) is 0 Å². The molecule has 3 heteroatoms. The van der Waals surface area contributed by atoms with E-state index in [2.05, 4.69) is 31.2 Å². The topological polar surface area (TPSA) is 26.3 Å². The summed E-state index contributed by atoms with van der Waals surface area (Å²) in [5, 5.41) is 0. The summed E-state index contributed by atoms with van der Waals surface area (Å²) in [5.74, 6) is 1.36. The number of hydrogen-bond acceptors (Lipinski definition) is 3. The fourth-order valence-electron chi connectivity index (χ4n) is 2.29. The van der Waals surface area contributed by atoms with Crippen molar-refractivity contribution in [2.24, 2.45) is 0 Å². The molecule has 1 heterocycles. The van der Waals surface area contributed by atoms with Crippen LogP contribution in [0.3, 0.4) is 0 Å². The Bertz CT molecular complexity index is 407. The molecule has 1 aliphatic heterocycles. The Balaban J connectivity index is 2.09. The van der Waals surface area contributed by atoms with Gasteiger partial charge >= 0.3 is 0 Å². The lowest BCUT2D eigenvalue weighted by Crippen LogP contribution is -2.46. The van der Waals surface area contributed by atoms with Crippen molar-refractivity contribution >= 4 is 17.5 Å². The van der Waals surface area contributed by atoms with E-state index in [4.69, 9.17) is 4.74 Å². The van der Waals surface area contributed by atoms with Crippen LogP contribution in [0.1, 0.15) is 32.3 Å². The van der Waals surface area contributed by atoms with Gasteiger partial charge in [0.1, 0.15) is 5.78 Å². The van der Waals surface area contributed by atoms with Gasteiger partial charge in [0.05, 0.1) is 13.2 Å². The van der Waals surface area contributed by atoms with Gasteiger partial charge in [-0.2, -0.15) is 0 Å². The number of ketones is 1. The minimum Gasteiger partial charge on any atom is -0.379 e. The van der Waals surface area contributed by atoms with Crippen molar-refractivity contribution in [2.45, 2.75) is 37.0 Å². The summed E-state index contributed by atoms with van der Waals surface area (Å²) in [5.41, 5.74) is 1.40. The zero-order valence-electron chi connectivity index (χ0n) is 11.1. The number of benzene rings is 1. The van der Waals surface area contributed by atoms with E-state index in [1.54, 1.807) is 6.92 Å². The molecule has 0 unspecified atom stereocenters. The van der Waals surface area contributed by atoms with Crippen LogP contribution in [0.5, 0.6) is 0 Å². The Morgan fingerprint density at radius 2 is 2.00 bits per heavy atom. The highest BCUT2D eigenvalue weighted by Crippen LogP contribution is 2.37. The van der Waals surface area contributed by atoms with Crippen LogP contribution >= 0.6 is 11.8 Å². The molecule has 1 saturated heterocycles. The second kappa shape index (κ2) is 5.89. The summed E-state index contributed by atoms with van der Waals surface area (Å²) in [6.07, 6.45) is 1.55. The van der Waals surface area contributed by atoms with Crippen LogP contribution in [-0.2, 0) is 14.9 Å². The van der Waals surface area contributed by atoms with Crippen molar-refractivity contribution in [2.75, 3.05) is 19.0 Å². The zero-order chi connectivity index (χ0) is 13.0. The van der Waals surface area contributed by atoms with Gasteiger partial charge in [-0.3, -0.25) is 0 Å². The average molecular weight is 264 g/mol. The molecule has 98 valence electrons. The second-order valence-electron chi connectivity index (χ2n) is 4.93. The summed E-state index contributed by atoms with van der Waals surface area (Å²) in [6.45, 7) is 5.32. The van der Waals surface area contributed by atoms with Crippen molar-refractivity contribution in [3.63, 3.8) is 0 Å². The third-order valence-corrected chi connectivity index (χ3v) is 4.38. The van der Waals surface area contributed by atoms with Crippen LogP contribution < -0.4 is 0 Å². The van der Waals surface area contributed by atoms with Gasteiger partial charge in [-0.1, -0.05) is 19.1 Å². The lowest BCUT2D eigenvalue weighted by Gasteiger charge is -2.42. The fraction of sp³-hybridized carbons (Fsp3) is 0.533. The van der Waals surface area contributed by atoms with Crippen LogP contribution in [0.2, 0.25) is 0 Å². The maximum atomic E-state index is 11.2. The van der Waals surface area contributed by atoms with Crippen LogP contribution in [0.4, 0.5) is 0 Å². The van der Waals surface area contributed by atoms with Gasteiger partial charge in [0.2, 0.25) is 0 Å². The summed E-state index contributed by atoms with van der Waals surface area (Å²) < 4.78 is 5.39. The van der Waals surface area contributed by atoms with E-state index >= 15 is 0 Å². The van der Waals surface area contributed by atoms with Crippen molar-refractivity contribution in [1.82, 2.24) is 0 Å². The molecule has 1 aromatic carbocycles. The highest BCUT2D eigenvalue weighted by Gasteiger charge is 2.39. The first kappa shape index (κ1) is 13.6. The van der Waals surface area contributed by atoms with E-state index < -0.39 is 0 Å².